The normalized spacial score (nSPS) is 18.4. The molecule has 0 radical (unpaired) electrons. The molecule has 26 heavy (non-hydrogen) atoms. The number of hydrogen-bond donors (Lipinski definition) is 1. The van der Waals surface area contributed by atoms with E-state index in [1.807, 2.05) is 12.1 Å². The second kappa shape index (κ2) is 7.37. The average Bonchev–Trinajstić information content (AvgIpc) is 3.11. The summed E-state index contributed by atoms with van der Waals surface area (Å²) >= 11 is 0. The van der Waals surface area contributed by atoms with Crippen molar-refractivity contribution in [2.24, 2.45) is 5.92 Å². The van der Waals surface area contributed by atoms with Crippen LogP contribution in [0, 0.1) is 11.7 Å². The molecule has 1 saturated heterocycles. The van der Waals surface area contributed by atoms with Crippen LogP contribution in [-0.4, -0.2) is 37.6 Å². The molecule has 1 aliphatic rings. The van der Waals surface area contributed by atoms with Gasteiger partial charge in [-0.15, -0.1) is 0 Å². The van der Waals surface area contributed by atoms with Crippen molar-refractivity contribution in [3.8, 4) is 0 Å². The third kappa shape index (κ3) is 3.67. The van der Waals surface area contributed by atoms with Gasteiger partial charge in [0, 0.05) is 19.2 Å². The number of H-pyrrole nitrogens is 1. The average molecular weight is 355 g/mol. The molecule has 0 spiro atoms. The second-order valence-corrected chi connectivity index (χ2v) is 6.98. The fraction of sp³-hybridized carbons (Fsp3) is 0.421. The first-order chi connectivity index (χ1) is 12.7. The molecule has 2 aromatic heterocycles. The molecule has 1 fully saturated rings. The van der Waals surface area contributed by atoms with E-state index in [2.05, 4.69) is 20.0 Å². The Kier molecular flexibility index (Phi) is 4.79. The maximum atomic E-state index is 13.8. The van der Waals surface area contributed by atoms with Crippen LogP contribution in [0.3, 0.4) is 0 Å². The number of aromatic amines is 1. The van der Waals surface area contributed by atoms with E-state index >= 15 is 0 Å². The molecule has 6 nitrogen and oxygen atoms in total. The Bertz CT molecular complexity index is 950. The molecule has 136 valence electrons. The highest BCUT2D eigenvalue weighted by Gasteiger charge is 2.21. The molecule has 4 rings (SSSR count). The number of benzene rings is 1. The molecule has 0 aliphatic carbocycles. The van der Waals surface area contributed by atoms with E-state index in [1.165, 1.54) is 23.3 Å². The number of aromatic nitrogens is 4. The number of nitrogens with one attached hydrogen (secondary N) is 1. The summed E-state index contributed by atoms with van der Waals surface area (Å²) in [6, 6.07) is 8.58. The molecule has 1 atom stereocenters. The highest BCUT2D eigenvalue weighted by Crippen LogP contribution is 2.23. The standard InChI is InChI=1S/C19H22FN5O/c20-17-6-2-1-5-15(17)8-7-14-4-3-9-24(11-14)12-16-10-18(26)25-19(23-16)21-13-22-25/h1-2,5-6,10,13-14H,3-4,7-9,11-12H2,(H,21,22,23). The smallest absolute Gasteiger partial charge is 0.274 e. The highest BCUT2D eigenvalue weighted by atomic mass is 19.1. The van der Waals surface area contributed by atoms with Gasteiger partial charge >= 0.3 is 0 Å². The van der Waals surface area contributed by atoms with E-state index < -0.39 is 0 Å². The van der Waals surface area contributed by atoms with Crippen molar-refractivity contribution in [2.45, 2.75) is 32.2 Å². The number of piperidine rings is 1. The lowest BCUT2D eigenvalue weighted by molar-refractivity contribution is 0.160. The molecular formula is C19H22FN5O. The van der Waals surface area contributed by atoms with Crippen LogP contribution in [0.25, 0.3) is 5.78 Å². The van der Waals surface area contributed by atoms with Crippen molar-refractivity contribution in [1.82, 2.24) is 24.5 Å². The van der Waals surface area contributed by atoms with Crippen molar-refractivity contribution < 1.29 is 4.39 Å². The maximum absolute atomic E-state index is 13.8. The van der Waals surface area contributed by atoms with Crippen LogP contribution in [0.5, 0.6) is 0 Å². The number of halogens is 1. The Morgan fingerprint density at radius 3 is 3.08 bits per heavy atom. The Hall–Kier alpha value is -2.54. The number of likely N-dealkylation sites (tertiary alicyclic amines) is 1. The molecule has 0 saturated carbocycles. The first kappa shape index (κ1) is 16.9. The van der Waals surface area contributed by atoms with Gasteiger partial charge in [0.2, 0.25) is 0 Å². The zero-order valence-electron chi connectivity index (χ0n) is 14.6. The molecule has 1 aromatic carbocycles. The zero-order valence-corrected chi connectivity index (χ0v) is 14.6. The molecule has 1 unspecified atom stereocenters. The van der Waals surface area contributed by atoms with Crippen LogP contribution in [0.2, 0.25) is 0 Å². The zero-order chi connectivity index (χ0) is 17.9. The molecular weight excluding hydrogens is 333 g/mol. The minimum atomic E-state index is -0.143. The van der Waals surface area contributed by atoms with Crippen molar-refractivity contribution >= 4 is 5.78 Å². The van der Waals surface area contributed by atoms with Crippen LogP contribution in [-0.2, 0) is 13.0 Å². The predicted octanol–water partition coefficient (Wildman–Crippen LogP) is 2.40. The van der Waals surface area contributed by atoms with Crippen LogP contribution < -0.4 is 5.56 Å². The van der Waals surface area contributed by atoms with Crippen LogP contribution in [0.1, 0.15) is 30.5 Å². The first-order valence-electron chi connectivity index (χ1n) is 9.07. The van der Waals surface area contributed by atoms with E-state index in [1.54, 1.807) is 12.1 Å². The first-order valence-corrected chi connectivity index (χ1v) is 9.07. The lowest BCUT2D eigenvalue weighted by atomic mass is 9.91. The minimum Gasteiger partial charge on any atom is -0.297 e. The van der Waals surface area contributed by atoms with Gasteiger partial charge in [0.15, 0.2) is 0 Å². The molecule has 0 bridgehead atoms. The third-order valence-corrected chi connectivity index (χ3v) is 5.09. The van der Waals surface area contributed by atoms with Gasteiger partial charge in [-0.25, -0.2) is 14.4 Å². The van der Waals surface area contributed by atoms with Crippen LogP contribution in [0.4, 0.5) is 4.39 Å². The van der Waals surface area contributed by atoms with E-state index in [9.17, 15) is 9.18 Å². The summed E-state index contributed by atoms with van der Waals surface area (Å²) in [6.07, 6.45) is 5.49. The largest absolute Gasteiger partial charge is 0.297 e. The summed E-state index contributed by atoms with van der Waals surface area (Å²) < 4.78 is 15.1. The Balaban J connectivity index is 1.38. The Morgan fingerprint density at radius 1 is 1.31 bits per heavy atom. The van der Waals surface area contributed by atoms with Gasteiger partial charge in [0.1, 0.15) is 12.1 Å². The summed E-state index contributed by atoms with van der Waals surface area (Å²) in [5.74, 6) is 0.830. The lowest BCUT2D eigenvalue weighted by Crippen LogP contribution is -2.35. The molecule has 1 N–H and O–H groups in total. The molecule has 3 aromatic rings. The summed E-state index contributed by atoms with van der Waals surface area (Å²) in [7, 11) is 0. The Morgan fingerprint density at radius 2 is 2.19 bits per heavy atom. The van der Waals surface area contributed by atoms with E-state index in [-0.39, 0.29) is 11.4 Å². The van der Waals surface area contributed by atoms with Gasteiger partial charge in [0.25, 0.3) is 11.3 Å². The van der Waals surface area contributed by atoms with Crippen molar-refractivity contribution in [3.63, 3.8) is 0 Å². The Labute approximate surface area is 150 Å². The minimum absolute atomic E-state index is 0.114. The van der Waals surface area contributed by atoms with E-state index in [0.717, 1.165) is 43.6 Å². The number of hydrogen-bond acceptors (Lipinski definition) is 4. The van der Waals surface area contributed by atoms with E-state index in [4.69, 9.17) is 0 Å². The molecule has 1 aliphatic heterocycles. The van der Waals surface area contributed by atoms with Gasteiger partial charge in [-0.1, -0.05) is 18.2 Å². The van der Waals surface area contributed by atoms with Gasteiger partial charge < -0.3 is 0 Å². The van der Waals surface area contributed by atoms with Gasteiger partial charge in [-0.3, -0.25) is 14.8 Å². The van der Waals surface area contributed by atoms with Crippen molar-refractivity contribution in [2.75, 3.05) is 13.1 Å². The van der Waals surface area contributed by atoms with E-state index in [0.29, 0.717) is 18.2 Å². The van der Waals surface area contributed by atoms with Crippen molar-refractivity contribution in [1.29, 1.82) is 0 Å². The van der Waals surface area contributed by atoms with Gasteiger partial charge in [-0.2, -0.15) is 4.52 Å². The summed E-state index contributed by atoms with van der Waals surface area (Å²) in [6.45, 7) is 2.60. The van der Waals surface area contributed by atoms with Crippen LogP contribution >= 0.6 is 0 Å². The van der Waals surface area contributed by atoms with Gasteiger partial charge in [-0.05, 0) is 49.8 Å². The van der Waals surface area contributed by atoms with Crippen molar-refractivity contribution in [3.05, 3.63) is 64.1 Å². The molecule has 3 heterocycles. The topological polar surface area (TPSA) is 66.3 Å². The number of nitrogens with zero attached hydrogens (tertiary/aromatic N) is 4. The third-order valence-electron chi connectivity index (χ3n) is 5.09. The fourth-order valence-electron chi connectivity index (χ4n) is 3.77. The molecule has 7 heteroatoms. The number of fused-ring (bicyclic) bond motifs is 1. The predicted molar refractivity (Wildman–Crippen MR) is 96.3 cm³/mol. The maximum Gasteiger partial charge on any atom is 0.274 e. The van der Waals surface area contributed by atoms with Crippen LogP contribution in [0.15, 0.2) is 41.5 Å². The number of rotatable bonds is 5. The summed E-state index contributed by atoms with van der Waals surface area (Å²) in [4.78, 5) is 22.9. The highest BCUT2D eigenvalue weighted by molar-refractivity contribution is 5.26. The summed E-state index contributed by atoms with van der Waals surface area (Å²) in [5, 5.41) is 2.75. The number of aryl methyl sites for hydroxylation is 1. The molecule has 0 amide bonds. The second-order valence-electron chi connectivity index (χ2n) is 6.98. The van der Waals surface area contributed by atoms with Gasteiger partial charge in [0.05, 0.1) is 5.69 Å². The monoisotopic (exact) mass is 355 g/mol. The SMILES string of the molecule is O=c1cc(CN2CCCC(CCc3ccccc3F)C2)nc2nc[nH]n12. The lowest BCUT2D eigenvalue weighted by Gasteiger charge is -2.32. The summed E-state index contributed by atoms with van der Waals surface area (Å²) in [5.41, 5.74) is 1.40. The quantitative estimate of drug-likeness (QED) is 0.763. The fourth-order valence-corrected chi connectivity index (χ4v) is 3.77.